The van der Waals surface area contributed by atoms with Crippen LogP contribution in [0.4, 0.5) is 0 Å². The van der Waals surface area contributed by atoms with Gasteiger partial charge in [0.1, 0.15) is 5.75 Å². The minimum absolute atomic E-state index is 0.349. The van der Waals surface area contributed by atoms with Gasteiger partial charge in [0.2, 0.25) is 0 Å². The van der Waals surface area contributed by atoms with E-state index < -0.39 is 0 Å². The molecule has 0 aliphatic heterocycles. The van der Waals surface area contributed by atoms with Gasteiger partial charge in [0, 0.05) is 24.7 Å². The molecule has 0 radical (unpaired) electrons. The maximum atomic E-state index is 5.97. The molecule has 4 heteroatoms. The number of hydrogen-bond acceptors (Lipinski definition) is 4. The number of nitrogens with one attached hydrogen (secondary N) is 1. The van der Waals surface area contributed by atoms with E-state index in [1.54, 1.807) is 7.11 Å². The van der Waals surface area contributed by atoms with E-state index in [2.05, 4.69) is 42.5 Å². The van der Waals surface area contributed by atoms with Gasteiger partial charge in [-0.15, -0.1) is 0 Å². The maximum absolute atomic E-state index is 5.97. The van der Waals surface area contributed by atoms with Gasteiger partial charge in [-0.2, -0.15) is 0 Å². The Morgan fingerprint density at radius 1 is 1.40 bits per heavy atom. The molecular weight excluding hydrogens is 250 g/mol. The zero-order valence-corrected chi connectivity index (χ0v) is 12.8. The zero-order valence-electron chi connectivity index (χ0n) is 12.8. The van der Waals surface area contributed by atoms with E-state index in [0.717, 1.165) is 25.1 Å². The van der Waals surface area contributed by atoms with E-state index in [0.29, 0.717) is 18.1 Å². The number of hydrogen-bond donors (Lipinski definition) is 2. The van der Waals surface area contributed by atoms with Crippen LogP contribution in [0.1, 0.15) is 30.9 Å². The summed E-state index contributed by atoms with van der Waals surface area (Å²) in [6, 6.07) is 9.61. The molecule has 1 fully saturated rings. The van der Waals surface area contributed by atoms with Gasteiger partial charge in [0.05, 0.1) is 7.11 Å². The highest BCUT2D eigenvalue weighted by Gasteiger charge is 2.23. The summed E-state index contributed by atoms with van der Waals surface area (Å²) in [5, 5.41) is 3.67. The maximum Gasteiger partial charge on any atom is 0.119 e. The lowest BCUT2D eigenvalue weighted by atomic mass is 10.0. The Labute approximate surface area is 122 Å². The predicted octanol–water partition coefficient (Wildman–Crippen LogP) is 1.77. The lowest BCUT2D eigenvalue weighted by Crippen LogP contribution is -2.36. The van der Waals surface area contributed by atoms with E-state index >= 15 is 0 Å². The van der Waals surface area contributed by atoms with Crippen molar-refractivity contribution in [1.29, 1.82) is 0 Å². The third kappa shape index (κ3) is 3.95. The Morgan fingerprint density at radius 3 is 2.80 bits per heavy atom. The minimum Gasteiger partial charge on any atom is -0.497 e. The molecule has 0 aromatic heterocycles. The van der Waals surface area contributed by atoms with Crippen LogP contribution in [0.25, 0.3) is 0 Å². The number of benzene rings is 1. The molecule has 0 bridgehead atoms. The summed E-state index contributed by atoms with van der Waals surface area (Å²) < 4.78 is 5.32. The van der Waals surface area contributed by atoms with Gasteiger partial charge >= 0.3 is 0 Å². The van der Waals surface area contributed by atoms with E-state index in [1.807, 2.05) is 6.07 Å². The van der Waals surface area contributed by atoms with E-state index in [-0.39, 0.29) is 0 Å². The fraction of sp³-hybridized carbons (Fsp3) is 0.625. The predicted molar refractivity (Wildman–Crippen MR) is 83.0 cm³/mol. The molecule has 0 amide bonds. The molecule has 2 rings (SSSR count). The molecule has 112 valence electrons. The van der Waals surface area contributed by atoms with Crippen LogP contribution >= 0.6 is 0 Å². The molecule has 0 heterocycles. The first-order valence-corrected chi connectivity index (χ1v) is 7.39. The monoisotopic (exact) mass is 277 g/mol. The summed E-state index contributed by atoms with van der Waals surface area (Å²) in [7, 11) is 5.94. The summed E-state index contributed by atoms with van der Waals surface area (Å²) in [4.78, 5) is 2.25. The van der Waals surface area contributed by atoms with Crippen molar-refractivity contribution < 1.29 is 4.74 Å². The van der Waals surface area contributed by atoms with Gasteiger partial charge in [-0.25, -0.2) is 0 Å². The van der Waals surface area contributed by atoms with Crippen LogP contribution in [0.5, 0.6) is 5.75 Å². The smallest absolute Gasteiger partial charge is 0.119 e. The Morgan fingerprint density at radius 2 is 2.20 bits per heavy atom. The molecular formula is C16H27N3O. The fourth-order valence-corrected chi connectivity index (χ4v) is 2.93. The second-order valence-corrected chi connectivity index (χ2v) is 5.93. The first-order chi connectivity index (χ1) is 9.60. The molecule has 1 aliphatic carbocycles. The number of likely N-dealkylation sites (N-methyl/N-ethyl adjacent to an activating group) is 1. The van der Waals surface area contributed by atoms with Crippen molar-refractivity contribution in [3.8, 4) is 5.75 Å². The Balaban J connectivity index is 1.99. The van der Waals surface area contributed by atoms with Crippen LogP contribution in [-0.4, -0.2) is 44.7 Å². The van der Waals surface area contributed by atoms with Gasteiger partial charge < -0.3 is 20.7 Å². The van der Waals surface area contributed by atoms with Crippen LogP contribution in [-0.2, 0) is 0 Å². The number of ether oxygens (including phenoxy) is 1. The van der Waals surface area contributed by atoms with Crippen LogP contribution in [0.15, 0.2) is 24.3 Å². The van der Waals surface area contributed by atoms with E-state index in [4.69, 9.17) is 10.5 Å². The minimum atomic E-state index is 0.349. The number of nitrogens with two attached hydrogens (primary N) is 1. The van der Waals surface area contributed by atoms with Crippen molar-refractivity contribution >= 4 is 0 Å². The van der Waals surface area contributed by atoms with Crippen LogP contribution < -0.4 is 15.8 Å². The molecule has 1 saturated carbocycles. The Kier molecular flexibility index (Phi) is 5.40. The third-order valence-electron chi connectivity index (χ3n) is 4.17. The lowest BCUT2D eigenvalue weighted by molar-refractivity contribution is 0.278. The number of methoxy groups -OCH3 is 1. The number of rotatable bonds is 6. The Hall–Kier alpha value is -1.10. The largest absolute Gasteiger partial charge is 0.497 e. The van der Waals surface area contributed by atoms with Crippen molar-refractivity contribution in [3.63, 3.8) is 0 Å². The lowest BCUT2D eigenvalue weighted by Gasteiger charge is -2.27. The molecule has 4 nitrogen and oxygen atoms in total. The van der Waals surface area contributed by atoms with Gasteiger partial charge in [-0.1, -0.05) is 12.1 Å². The summed E-state index contributed by atoms with van der Waals surface area (Å²) in [6.45, 7) is 0.942. The third-order valence-corrected chi connectivity index (χ3v) is 4.17. The second-order valence-electron chi connectivity index (χ2n) is 5.93. The fourth-order valence-electron chi connectivity index (χ4n) is 2.93. The van der Waals surface area contributed by atoms with Gasteiger partial charge in [0.25, 0.3) is 0 Å². The van der Waals surface area contributed by atoms with Crippen molar-refractivity contribution in [1.82, 2.24) is 10.2 Å². The van der Waals surface area contributed by atoms with Crippen molar-refractivity contribution in [2.45, 2.75) is 37.4 Å². The normalized spacial score (nSPS) is 24.1. The van der Waals surface area contributed by atoms with Crippen LogP contribution in [0.2, 0.25) is 0 Å². The molecule has 3 N–H and O–H groups in total. The van der Waals surface area contributed by atoms with Crippen molar-refractivity contribution in [2.75, 3.05) is 27.7 Å². The first-order valence-electron chi connectivity index (χ1n) is 7.39. The highest BCUT2D eigenvalue weighted by atomic mass is 16.5. The van der Waals surface area contributed by atoms with Gasteiger partial charge in [0.15, 0.2) is 0 Å². The van der Waals surface area contributed by atoms with Crippen LogP contribution in [0.3, 0.4) is 0 Å². The highest BCUT2D eigenvalue weighted by Crippen LogP contribution is 2.23. The summed E-state index contributed by atoms with van der Waals surface area (Å²) >= 11 is 0. The van der Waals surface area contributed by atoms with Crippen molar-refractivity contribution in [2.24, 2.45) is 5.73 Å². The molecule has 3 unspecified atom stereocenters. The average Bonchev–Trinajstić information content (AvgIpc) is 2.84. The molecule has 20 heavy (non-hydrogen) atoms. The molecule has 1 aromatic rings. The SMILES string of the molecule is COc1cccc(C(CNC2CCC(N)C2)N(C)C)c1. The number of nitrogens with zero attached hydrogens (tertiary/aromatic N) is 1. The topological polar surface area (TPSA) is 50.5 Å². The second kappa shape index (κ2) is 7.07. The Bertz CT molecular complexity index is 422. The van der Waals surface area contributed by atoms with Gasteiger partial charge in [-0.05, 0) is 51.1 Å². The van der Waals surface area contributed by atoms with Crippen LogP contribution in [0, 0.1) is 0 Å². The van der Waals surface area contributed by atoms with E-state index in [1.165, 1.54) is 12.0 Å². The van der Waals surface area contributed by atoms with Gasteiger partial charge in [-0.3, -0.25) is 0 Å². The molecule has 1 aliphatic rings. The molecule has 0 saturated heterocycles. The standard InChI is InChI=1S/C16H27N3O/c1-19(2)16(11-18-14-8-7-13(17)10-14)12-5-4-6-15(9-12)20-3/h4-6,9,13-14,16,18H,7-8,10-11,17H2,1-3H3. The summed E-state index contributed by atoms with van der Waals surface area (Å²) in [5.74, 6) is 0.914. The first kappa shape index (κ1) is 15.3. The summed E-state index contributed by atoms with van der Waals surface area (Å²) in [5.41, 5.74) is 7.25. The van der Waals surface area contributed by atoms with Crippen molar-refractivity contribution in [3.05, 3.63) is 29.8 Å². The van der Waals surface area contributed by atoms with E-state index in [9.17, 15) is 0 Å². The molecule has 3 atom stereocenters. The quantitative estimate of drug-likeness (QED) is 0.832. The average molecular weight is 277 g/mol. The zero-order chi connectivity index (χ0) is 14.5. The molecule has 1 aromatic carbocycles. The summed E-state index contributed by atoms with van der Waals surface area (Å²) in [6.07, 6.45) is 3.43. The highest BCUT2D eigenvalue weighted by molar-refractivity contribution is 5.30. The molecule has 0 spiro atoms.